The van der Waals surface area contributed by atoms with E-state index < -0.39 is 72.2 Å². The molecule has 0 atom stereocenters. The summed E-state index contributed by atoms with van der Waals surface area (Å²) in [5.41, 5.74) is 5.57. The summed E-state index contributed by atoms with van der Waals surface area (Å²) in [6.45, 7) is 0. The predicted molar refractivity (Wildman–Crippen MR) is 227 cm³/mol. The molecule has 0 amide bonds. The largest absolute Gasteiger partial charge is 0.309 e. The van der Waals surface area contributed by atoms with E-state index >= 15 is 0 Å². The van der Waals surface area contributed by atoms with Crippen LogP contribution >= 0.6 is 0 Å². The maximum absolute atomic E-state index is 9.59. The summed E-state index contributed by atoms with van der Waals surface area (Å²) in [6, 6.07) is 35.5. The van der Waals surface area contributed by atoms with Gasteiger partial charge in [0.15, 0.2) is 17.5 Å². The van der Waals surface area contributed by atoms with Crippen molar-refractivity contribution in [3.8, 4) is 73.2 Å². The Kier molecular flexibility index (Phi) is 5.52. The number of nitrogens with zero attached hydrogens (tertiary/aromatic N) is 4. The summed E-state index contributed by atoms with van der Waals surface area (Å²) in [6.07, 6.45) is 0. The molecule has 0 fully saturated rings. The average Bonchev–Trinajstić information content (AvgIpc) is 3.72. The lowest BCUT2D eigenvalue weighted by Gasteiger charge is -2.11. The minimum atomic E-state index is -0.702. The van der Waals surface area contributed by atoms with Crippen molar-refractivity contribution in [2.75, 3.05) is 0 Å². The molecule has 10 rings (SSSR count). The molecule has 55 heavy (non-hydrogen) atoms. The van der Waals surface area contributed by atoms with Crippen LogP contribution in [0.15, 0.2) is 206 Å². The van der Waals surface area contributed by atoms with Gasteiger partial charge in [0.2, 0.25) is 0 Å². The standard InChI is InChI=1S/C51H34N4/c1-4-12-35(13-5-1)37-20-26-40(27-21-37)49-52-50(41-28-22-38(23-29-41)36-14-6-2-7-15-36)54-51(53-49)42-30-24-39(25-31-42)43-32-33-48-46(34-43)45-18-10-11-19-47(45)55(48)44-16-8-3-9-17-44/h1-34H/i3D,8D,9D,10D,11D,16D,17D,18D,19D,32D,33D,34D. The van der Waals surface area contributed by atoms with E-state index in [1.165, 1.54) is 0 Å². The summed E-state index contributed by atoms with van der Waals surface area (Å²) < 4.78 is 107. The Morgan fingerprint density at radius 3 is 1.24 bits per heavy atom. The predicted octanol–water partition coefficient (Wildman–Crippen LogP) is 13.0. The smallest absolute Gasteiger partial charge is 0.164 e. The zero-order valence-corrected chi connectivity index (χ0v) is 29.0. The Morgan fingerprint density at radius 1 is 0.327 bits per heavy atom. The number of rotatable bonds is 7. The molecule has 10 aromatic rings. The molecule has 0 saturated carbocycles. The molecular formula is C51H34N4. The zero-order valence-electron chi connectivity index (χ0n) is 41.0. The van der Waals surface area contributed by atoms with Gasteiger partial charge in [0, 0.05) is 33.2 Å². The molecule has 0 spiro atoms. The molecule has 2 aromatic heterocycles. The SMILES string of the molecule is [2H]c1c([2H])c([2H])c(-n2c3c([2H])c([2H])c([2H])c([2H])c3c3c([2H])c(-c4ccc(-c5nc(-c6ccc(-c7ccccc7)cc6)nc(-c6ccc(-c7ccccc7)cc6)n5)cc4)c([2H])c([2H])c32)c([2H])c1[2H]. The molecule has 4 nitrogen and oxygen atoms in total. The van der Waals surface area contributed by atoms with Crippen molar-refractivity contribution >= 4 is 21.8 Å². The van der Waals surface area contributed by atoms with Crippen LogP contribution in [0.4, 0.5) is 0 Å². The number of aromatic nitrogens is 4. The van der Waals surface area contributed by atoms with E-state index in [1.807, 2.05) is 109 Å². The molecule has 0 aliphatic carbocycles. The van der Waals surface area contributed by atoms with Gasteiger partial charge in [-0.25, -0.2) is 15.0 Å². The fourth-order valence-corrected chi connectivity index (χ4v) is 6.67. The molecule has 0 N–H and O–H groups in total. The van der Waals surface area contributed by atoms with Crippen LogP contribution in [0.25, 0.3) is 95.0 Å². The molecule has 0 aliphatic heterocycles. The van der Waals surface area contributed by atoms with Crippen LogP contribution in [0, 0.1) is 0 Å². The summed E-state index contributed by atoms with van der Waals surface area (Å²) in [5, 5.41) is -0.333. The number of hydrogen-bond donors (Lipinski definition) is 0. The third-order valence-electron chi connectivity index (χ3n) is 9.44. The minimum Gasteiger partial charge on any atom is -0.309 e. The van der Waals surface area contributed by atoms with E-state index in [1.54, 1.807) is 24.3 Å². The summed E-state index contributed by atoms with van der Waals surface area (Å²) in [5.74, 6) is 1.21. The monoisotopic (exact) mass is 714 g/mol. The van der Waals surface area contributed by atoms with Crippen LogP contribution in [0.5, 0.6) is 0 Å². The highest BCUT2D eigenvalue weighted by Gasteiger charge is 2.15. The Bertz CT molecular complexity index is 3490. The van der Waals surface area contributed by atoms with Crippen molar-refractivity contribution in [3.05, 3.63) is 206 Å². The Hall–Kier alpha value is -7.43. The van der Waals surface area contributed by atoms with E-state index in [0.29, 0.717) is 28.6 Å². The van der Waals surface area contributed by atoms with Gasteiger partial charge in [-0.1, -0.05) is 176 Å². The first kappa shape index (κ1) is 21.9. The van der Waals surface area contributed by atoms with Crippen LogP contribution in [-0.4, -0.2) is 19.5 Å². The molecule has 258 valence electrons. The summed E-state index contributed by atoms with van der Waals surface area (Å²) in [4.78, 5) is 14.8. The van der Waals surface area contributed by atoms with Crippen molar-refractivity contribution in [3.63, 3.8) is 0 Å². The first-order chi connectivity index (χ1) is 32.2. The van der Waals surface area contributed by atoms with Gasteiger partial charge >= 0.3 is 0 Å². The third-order valence-corrected chi connectivity index (χ3v) is 9.44. The highest BCUT2D eigenvalue weighted by molar-refractivity contribution is 6.10. The van der Waals surface area contributed by atoms with Gasteiger partial charge in [0.05, 0.1) is 27.5 Å². The van der Waals surface area contributed by atoms with Gasteiger partial charge < -0.3 is 4.57 Å². The van der Waals surface area contributed by atoms with E-state index in [2.05, 4.69) is 0 Å². The first-order valence-corrected chi connectivity index (χ1v) is 17.5. The second kappa shape index (κ2) is 13.8. The molecule has 2 heterocycles. The number of fused-ring (bicyclic) bond motifs is 3. The number of hydrogen-bond acceptors (Lipinski definition) is 3. The van der Waals surface area contributed by atoms with Crippen LogP contribution < -0.4 is 0 Å². The third kappa shape index (κ3) is 6.16. The molecule has 8 aromatic carbocycles. The van der Waals surface area contributed by atoms with Crippen LogP contribution in [-0.2, 0) is 0 Å². The molecule has 0 radical (unpaired) electrons. The topological polar surface area (TPSA) is 43.6 Å². The molecule has 0 unspecified atom stereocenters. The molecular weight excluding hydrogens is 669 g/mol. The lowest BCUT2D eigenvalue weighted by molar-refractivity contribution is 1.07. The van der Waals surface area contributed by atoms with Crippen LogP contribution in [0.3, 0.4) is 0 Å². The maximum Gasteiger partial charge on any atom is 0.164 e. The molecule has 0 saturated heterocycles. The van der Waals surface area contributed by atoms with Crippen molar-refractivity contribution in [2.24, 2.45) is 0 Å². The number of benzene rings is 8. The fraction of sp³-hybridized carbons (Fsp3) is 0. The lowest BCUT2D eigenvalue weighted by atomic mass is 10.0. The highest BCUT2D eigenvalue weighted by atomic mass is 15.0. The van der Waals surface area contributed by atoms with Crippen molar-refractivity contribution < 1.29 is 16.4 Å². The van der Waals surface area contributed by atoms with E-state index in [9.17, 15) is 4.11 Å². The fourth-order valence-electron chi connectivity index (χ4n) is 6.67. The van der Waals surface area contributed by atoms with Crippen molar-refractivity contribution in [1.29, 1.82) is 0 Å². The van der Waals surface area contributed by atoms with E-state index in [-0.39, 0.29) is 33.4 Å². The van der Waals surface area contributed by atoms with Crippen LogP contribution in [0.2, 0.25) is 0 Å². The van der Waals surface area contributed by atoms with Gasteiger partial charge in [-0.3, -0.25) is 0 Å². The van der Waals surface area contributed by atoms with Gasteiger partial charge in [-0.15, -0.1) is 0 Å². The van der Waals surface area contributed by atoms with Gasteiger partial charge in [0.25, 0.3) is 0 Å². The Balaban J connectivity index is 1.13. The first-order valence-electron chi connectivity index (χ1n) is 23.5. The van der Waals surface area contributed by atoms with Crippen LogP contribution in [0.1, 0.15) is 16.4 Å². The second-order valence-electron chi connectivity index (χ2n) is 12.8. The minimum absolute atomic E-state index is 0.0226. The lowest BCUT2D eigenvalue weighted by Crippen LogP contribution is -2.00. The van der Waals surface area contributed by atoms with E-state index in [4.69, 9.17) is 27.3 Å². The molecule has 0 bridgehead atoms. The van der Waals surface area contributed by atoms with E-state index in [0.717, 1.165) is 37.9 Å². The van der Waals surface area contributed by atoms with Gasteiger partial charge in [-0.05, 0) is 63.6 Å². The quantitative estimate of drug-likeness (QED) is 0.165. The van der Waals surface area contributed by atoms with Gasteiger partial charge in [0.1, 0.15) is 0 Å². The zero-order chi connectivity index (χ0) is 47.0. The van der Waals surface area contributed by atoms with Crippen molar-refractivity contribution in [2.45, 2.75) is 0 Å². The summed E-state index contributed by atoms with van der Waals surface area (Å²) in [7, 11) is 0. The second-order valence-corrected chi connectivity index (χ2v) is 12.8. The van der Waals surface area contributed by atoms with Crippen molar-refractivity contribution in [1.82, 2.24) is 19.5 Å². The average molecular weight is 715 g/mol. The maximum atomic E-state index is 9.59. The van der Waals surface area contributed by atoms with Gasteiger partial charge in [-0.2, -0.15) is 0 Å². The molecule has 4 heteroatoms. The Morgan fingerprint density at radius 2 is 0.727 bits per heavy atom. The Labute approximate surface area is 336 Å². The normalized spacial score (nSPS) is 14.3. The highest BCUT2D eigenvalue weighted by Crippen LogP contribution is 2.36. The number of para-hydroxylation sites is 2. The molecule has 0 aliphatic rings. The summed E-state index contributed by atoms with van der Waals surface area (Å²) >= 11 is 0.